The number of nitrogens with zero attached hydrogens (tertiary/aromatic N) is 2. The summed E-state index contributed by atoms with van der Waals surface area (Å²) < 4.78 is 5.38. The largest absolute Gasteiger partial charge is 0.382 e. The molecule has 0 aliphatic heterocycles. The summed E-state index contributed by atoms with van der Waals surface area (Å²) in [6, 6.07) is 0.554. The number of aliphatic imine (C=N–C) groups is 1. The van der Waals surface area contributed by atoms with Gasteiger partial charge in [-0.05, 0) is 59.5 Å². The Hall–Kier alpha value is -0.0800. The molecule has 1 aliphatic carbocycles. The molecule has 0 amide bonds. The second kappa shape index (κ2) is 16.1. The third-order valence-electron chi connectivity index (χ3n) is 4.85. The number of rotatable bonds is 11. The summed E-state index contributed by atoms with van der Waals surface area (Å²) in [6.45, 7) is 8.57. The molecule has 1 atom stereocenters. The van der Waals surface area contributed by atoms with Crippen LogP contribution in [0.15, 0.2) is 4.99 Å². The summed E-state index contributed by atoms with van der Waals surface area (Å²) in [5, 5.41) is 6.83. The first kappa shape index (κ1) is 24.9. The Morgan fingerprint density at radius 1 is 1.12 bits per heavy atom. The summed E-state index contributed by atoms with van der Waals surface area (Å²) in [7, 11) is 4.39. The van der Waals surface area contributed by atoms with Crippen molar-refractivity contribution in [2.24, 2.45) is 10.9 Å². The fraction of sp³-hybridized carbons (Fsp3) is 0.947. The van der Waals surface area contributed by atoms with Gasteiger partial charge in [0.1, 0.15) is 0 Å². The maximum atomic E-state index is 5.38. The van der Waals surface area contributed by atoms with E-state index < -0.39 is 0 Å². The fourth-order valence-corrected chi connectivity index (χ4v) is 3.46. The smallest absolute Gasteiger partial charge is 0.191 e. The molecule has 1 aliphatic rings. The van der Waals surface area contributed by atoms with Gasteiger partial charge in [-0.25, -0.2) is 0 Å². The Kier molecular flexibility index (Phi) is 16.1. The van der Waals surface area contributed by atoms with Gasteiger partial charge in [0.25, 0.3) is 0 Å². The number of ether oxygens (including phenoxy) is 1. The molecule has 2 N–H and O–H groups in total. The lowest BCUT2D eigenvalue weighted by molar-refractivity contribution is 0.143. The van der Waals surface area contributed by atoms with Gasteiger partial charge in [-0.1, -0.05) is 19.3 Å². The highest BCUT2D eigenvalue weighted by molar-refractivity contribution is 14.0. The van der Waals surface area contributed by atoms with Gasteiger partial charge in [0.2, 0.25) is 0 Å². The van der Waals surface area contributed by atoms with Crippen molar-refractivity contribution in [3.05, 3.63) is 0 Å². The molecule has 0 bridgehead atoms. The first-order valence-electron chi connectivity index (χ1n) is 9.95. The zero-order chi connectivity index (χ0) is 17.6. The van der Waals surface area contributed by atoms with Crippen molar-refractivity contribution in [1.82, 2.24) is 15.5 Å². The van der Waals surface area contributed by atoms with Crippen molar-refractivity contribution in [3.63, 3.8) is 0 Å². The van der Waals surface area contributed by atoms with E-state index in [1.54, 1.807) is 0 Å². The minimum absolute atomic E-state index is 0. The van der Waals surface area contributed by atoms with Crippen LogP contribution in [0.4, 0.5) is 0 Å². The number of likely N-dealkylation sites (N-methyl/N-ethyl adjacent to an activating group) is 1. The van der Waals surface area contributed by atoms with Gasteiger partial charge < -0.3 is 20.3 Å². The third kappa shape index (κ3) is 11.3. The molecule has 0 aromatic carbocycles. The number of guanidine groups is 1. The molecule has 5 nitrogen and oxygen atoms in total. The van der Waals surface area contributed by atoms with Crippen LogP contribution in [0, 0.1) is 5.92 Å². The summed E-state index contributed by atoms with van der Waals surface area (Å²) >= 11 is 0. The van der Waals surface area contributed by atoms with Crippen LogP contribution in [-0.4, -0.2) is 63.8 Å². The highest BCUT2D eigenvalue weighted by Gasteiger charge is 2.25. The molecule has 150 valence electrons. The van der Waals surface area contributed by atoms with Gasteiger partial charge in [-0.15, -0.1) is 24.0 Å². The van der Waals surface area contributed by atoms with E-state index in [4.69, 9.17) is 9.73 Å². The number of halogens is 1. The van der Waals surface area contributed by atoms with Crippen molar-refractivity contribution in [2.45, 2.75) is 64.8 Å². The molecular weight excluding hydrogens is 427 g/mol. The summed E-state index contributed by atoms with van der Waals surface area (Å²) in [5.74, 6) is 1.75. The minimum atomic E-state index is 0. The lowest BCUT2D eigenvalue weighted by Crippen LogP contribution is -2.42. The Labute approximate surface area is 172 Å². The van der Waals surface area contributed by atoms with Crippen molar-refractivity contribution < 1.29 is 4.74 Å². The first-order chi connectivity index (χ1) is 11.7. The quantitative estimate of drug-likeness (QED) is 0.211. The van der Waals surface area contributed by atoms with E-state index in [0.29, 0.717) is 6.04 Å². The van der Waals surface area contributed by atoms with Crippen LogP contribution in [0.3, 0.4) is 0 Å². The van der Waals surface area contributed by atoms with E-state index in [-0.39, 0.29) is 24.0 Å². The van der Waals surface area contributed by atoms with Crippen molar-refractivity contribution in [3.8, 4) is 0 Å². The Bertz CT molecular complexity index is 333. The first-order valence-corrected chi connectivity index (χ1v) is 9.95. The summed E-state index contributed by atoms with van der Waals surface area (Å²) in [6.07, 6.45) is 9.12. The summed E-state index contributed by atoms with van der Waals surface area (Å²) in [5.41, 5.74) is 0. The molecule has 0 radical (unpaired) electrons. The maximum absolute atomic E-state index is 5.38. The standard InChI is InChI=1S/C19H40N4O.HI/c1-5-20-19(21-14-10-11-15-24-6-2)22-16-18(23(3)4)17-12-8-7-9-13-17;/h17-18H,5-16H2,1-4H3,(H2,20,21,22);1H. The lowest BCUT2D eigenvalue weighted by atomic mass is 9.83. The van der Waals surface area contributed by atoms with E-state index in [1.807, 2.05) is 6.92 Å². The van der Waals surface area contributed by atoms with Gasteiger partial charge >= 0.3 is 0 Å². The van der Waals surface area contributed by atoms with Crippen molar-refractivity contribution in [2.75, 3.05) is 46.9 Å². The average molecular weight is 468 g/mol. The molecule has 25 heavy (non-hydrogen) atoms. The number of hydrogen-bond donors (Lipinski definition) is 2. The van der Waals surface area contributed by atoms with Gasteiger partial charge in [0.15, 0.2) is 5.96 Å². The SMILES string of the molecule is CCNC(=NCC(C1CCCCC1)N(C)C)NCCCCOCC.I. The van der Waals surface area contributed by atoms with E-state index in [2.05, 4.69) is 36.6 Å². The number of nitrogens with one attached hydrogen (secondary N) is 2. The van der Waals surface area contributed by atoms with Gasteiger partial charge in [-0.3, -0.25) is 4.99 Å². The van der Waals surface area contributed by atoms with Gasteiger partial charge in [0, 0.05) is 32.3 Å². The van der Waals surface area contributed by atoms with E-state index >= 15 is 0 Å². The van der Waals surface area contributed by atoms with Crippen LogP contribution in [0.1, 0.15) is 58.8 Å². The molecule has 0 aromatic rings. The lowest BCUT2D eigenvalue weighted by Gasteiger charge is -2.34. The van der Waals surface area contributed by atoms with E-state index in [1.165, 1.54) is 32.1 Å². The van der Waals surface area contributed by atoms with Crippen LogP contribution >= 0.6 is 24.0 Å². The van der Waals surface area contributed by atoms with Crippen LogP contribution < -0.4 is 10.6 Å². The fourth-order valence-electron chi connectivity index (χ4n) is 3.46. The molecule has 0 aromatic heterocycles. The van der Waals surface area contributed by atoms with Crippen molar-refractivity contribution >= 4 is 29.9 Å². The molecule has 1 saturated carbocycles. The van der Waals surface area contributed by atoms with Crippen LogP contribution in [-0.2, 0) is 4.74 Å². The Morgan fingerprint density at radius 3 is 2.44 bits per heavy atom. The van der Waals surface area contributed by atoms with Crippen LogP contribution in [0.5, 0.6) is 0 Å². The zero-order valence-corrected chi connectivity index (χ0v) is 19.2. The molecule has 0 saturated heterocycles. The topological polar surface area (TPSA) is 48.9 Å². The Morgan fingerprint density at radius 2 is 1.84 bits per heavy atom. The monoisotopic (exact) mass is 468 g/mol. The maximum Gasteiger partial charge on any atom is 0.191 e. The second-order valence-electron chi connectivity index (χ2n) is 6.98. The zero-order valence-electron chi connectivity index (χ0n) is 16.9. The summed E-state index contributed by atoms with van der Waals surface area (Å²) in [4.78, 5) is 7.23. The van der Waals surface area contributed by atoms with Gasteiger partial charge in [-0.2, -0.15) is 0 Å². The molecule has 0 spiro atoms. The Balaban J connectivity index is 0.00000576. The normalized spacial score (nSPS) is 17.2. The average Bonchev–Trinajstić information content (AvgIpc) is 2.58. The molecule has 0 heterocycles. The minimum Gasteiger partial charge on any atom is -0.382 e. The highest BCUT2D eigenvalue weighted by atomic mass is 127. The number of hydrogen-bond acceptors (Lipinski definition) is 3. The van der Waals surface area contributed by atoms with Crippen molar-refractivity contribution in [1.29, 1.82) is 0 Å². The van der Waals surface area contributed by atoms with Crippen LogP contribution in [0.25, 0.3) is 0 Å². The number of unbranched alkanes of at least 4 members (excludes halogenated alkanes) is 1. The van der Waals surface area contributed by atoms with Gasteiger partial charge in [0.05, 0.1) is 6.54 Å². The van der Waals surface area contributed by atoms with E-state index in [9.17, 15) is 0 Å². The predicted molar refractivity (Wildman–Crippen MR) is 119 cm³/mol. The molecule has 1 rings (SSSR count). The second-order valence-corrected chi connectivity index (χ2v) is 6.98. The molecular formula is C19H41IN4O. The molecule has 6 heteroatoms. The van der Waals surface area contributed by atoms with E-state index in [0.717, 1.165) is 57.6 Å². The molecule has 1 fully saturated rings. The highest BCUT2D eigenvalue weighted by Crippen LogP contribution is 2.28. The third-order valence-corrected chi connectivity index (χ3v) is 4.85. The molecule has 1 unspecified atom stereocenters. The van der Waals surface area contributed by atoms with Crippen LogP contribution in [0.2, 0.25) is 0 Å². The predicted octanol–water partition coefficient (Wildman–Crippen LogP) is 3.49.